The molecule has 0 spiro atoms. The van der Waals surface area contributed by atoms with Gasteiger partial charge in [0.1, 0.15) is 21.2 Å². The number of carbonyl (C=O) groups excluding carboxylic acids is 2. The summed E-state index contributed by atoms with van der Waals surface area (Å²) >= 11 is 3.06. The maximum absolute atomic E-state index is 14.1. The zero-order chi connectivity index (χ0) is 33.0. The van der Waals surface area contributed by atoms with Gasteiger partial charge in [-0.2, -0.15) is 5.10 Å². The molecule has 0 aliphatic heterocycles. The second kappa shape index (κ2) is 11.0. The summed E-state index contributed by atoms with van der Waals surface area (Å²) in [5.41, 5.74) is 7.62. The number of hydrogen-bond acceptors (Lipinski definition) is 8. The van der Waals surface area contributed by atoms with Crippen molar-refractivity contribution in [2.45, 2.75) is 102 Å². The van der Waals surface area contributed by atoms with Crippen molar-refractivity contribution in [2.75, 3.05) is 7.11 Å². The second-order valence-electron chi connectivity index (χ2n) is 14.2. The Balaban J connectivity index is 1.08. The van der Waals surface area contributed by atoms with Gasteiger partial charge >= 0.3 is 0 Å². The average molecular weight is 680 g/mol. The van der Waals surface area contributed by atoms with Crippen molar-refractivity contribution >= 4 is 54.9 Å². The van der Waals surface area contributed by atoms with Gasteiger partial charge in [0.25, 0.3) is 16.6 Å². The molecule has 4 fully saturated rings. The van der Waals surface area contributed by atoms with Crippen LogP contribution in [0.2, 0.25) is 0 Å². The van der Waals surface area contributed by atoms with Gasteiger partial charge < -0.3 is 15.4 Å². The van der Waals surface area contributed by atoms with Crippen LogP contribution in [0.4, 0.5) is 0 Å². The number of nitrogens with one attached hydrogen (secondary N) is 2. The molecule has 48 heavy (non-hydrogen) atoms. The Labute approximate surface area is 287 Å². The minimum atomic E-state index is -0.0360. The van der Waals surface area contributed by atoms with Crippen molar-refractivity contribution in [3.05, 3.63) is 73.2 Å². The summed E-state index contributed by atoms with van der Waals surface area (Å²) in [6.45, 7) is 8.31. The fourth-order valence-electron chi connectivity index (χ4n) is 7.38. The zero-order valence-electron chi connectivity index (χ0n) is 27.8. The van der Waals surface area contributed by atoms with Crippen molar-refractivity contribution in [1.29, 1.82) is 0 Å². The number of thiophene rings is 2. The summed E-state index contributed by atoms with van der Waals surface area (Å²) < 4.78 is 7.52. The number of ether oxygens (including phenoxy) is 1. The Morgan fingerprint density at radius 3 is 2.23 bits per heavy atom. The van der Waals surface area contributed by atoms with Gasteiger partial charge in [-0.15, -0.1) is 16.4 Å². The Morgan fingerprint density at radius 2 is 1.52 bits per heavy atom. The highest BCUT2D eigenvalue weighted by Gasteiger charge is 2.54. The van der Waals surface area contributed by atoms with E-state index in [-0.39, 0.29) is 29.8 Å². The van der Waals surface area contributed by atoms with E-state index in [4.69, 9.17) is 9.84 Å². The van der Waals surface area contributed by atoms with Gasteiger partial charge in [0.05, 0.1) is 29.0 Å². The number of nitrogens with zero attached hydrogens (tertiary/aromatic N) is 4. The molecule has 0 saturated heterocycles. The van der Waals surface area contributed by atoms with E-state index in [9.17, 15) is 9.59 Å². The van der Waals surface area contributed by atoms with Crippen molar-refractivity contribution in [3.63, 3.8) is 0 Å². The molecule has 11 heteroatoms. The Bertz CT molecular complexity index is 2160. The van der Waals surface area contributed by atoms with Crippen LogP contribution in [0.15, 0.2) is 24.3 Å². The number of amides is 2. The third-order valence-electron chi connectivity index (χ3n) is 10.8. The number of hydrogen-bond donors (Lipinski definition) is 2. The number of carbonyl (C=O) groups is 2. The fourth-order valence-corrected chi connectivity index (χ4v) is 9.90. The zero-order valence-corrected chi connectivity index (χ0v) is 29.5. The summed E-state index contributed by atoms with van der Waals surface area (Å²) in [6.07, 6.45) is 6.18. The number of fused-ring (bicyclic) bond motifs is 2. The average Bonchev–Trinajstić information content (AvgIpc) is 3.88. The minimum absolute atomic E-state index is 0.0360. The van der Waals surface area contributed by atoms with E-state index in [1.807, 2.05) is 19.1 Å². The van der Waals surface area contributed by atoms with Crippen LogP contribution < -0.4 is 20.1 Å². The summed E-state index contributed by atoms with van der Waals surface area (Å²) in [5.74, 6) is 1.70. The van der Waals surface area contributed by atoms with Crippen molar-refractivity contribution in [1.82, 2.24) is 25.9 Å². The number of aromatic nitrogens is 4. The van der Waals surface area contributed by atoms with Crippen LogP contribution in [-0.4, -0.2) is 46.3 Å². The second-order valence-corrected chi connectivity index (χ2v) is 16.2. The molecular weight excluding hydrogens is 641 g/mol. The Kier molecular flexibility index (Phi) is 6.92. The van der Waals surface area contributed by atoms with Crippen LogP contribution in [0.5, 0.6) is 5.75 Å². The molecule has 4 aromatic heterocycles. The van der Waals surface area contributed by atoms with Crippen LogP contribution in [0.3, 0.4) is 0 Å². The normalized spacial score (nSPS) is 23.0. The van der Waals surface area contributed by atoms with Crippen LogP contribution in [0.1, 0.15) is 121 Å². The molecule has 0 bridgehead atoms. The van der Waals surface area contributed by atoms with Crippen LogP contribution in [0, 0.1) is 27.7 Å². The summed E-state index contributed by atoms with van der Waals surface area (Å²) in [5, 5.41) is 23.0. The molecule has 246 valence electrons. The fraction of sp³-hybridized carbons (Fsp3) is 0.459. The summed E-state index contributed by atoms with van der Waals surface area (Å²) in [6, 6.07) is 8.62. The van der Waals surface area contributed by atoms with Gasteiger partial charge in [0, 0.05) is 29.8 Å². The van der Waals surface area contributed by atoms with E-state index in [1.165, 1.54) is 33.4 Å². The van der Waals surface area contributed by atoms with E-state index >= 15 is 0 Å². The quantitative estimate of drug-likeness (QED) is 0.170. The molecule has 9 nitrogen and oxygen atoms in total. The first-order valence-electron chi connectivity index (χ1n) is 17.1. The number of benzene rings is 1. The van der Waals surface area contributed by atoms with E-state index in [1.54, 1.807) is 18.4 Å². The van der Waals surface area contributed by atoms with E-state index in [0.717, 1.165) is 91.6 Å². The van der Waals surface area contributed by atoms with Crippen LogP contribution >= 0.6 is 22.7 Å². The van der Waals surface area contributed by atoms with Gasteiger partial charge in [0.2, 0.25) is 0 Å². The molecule has 4 aliphatic carbocycles. The van der Waals surface area contributed by atoms with Gasteiger partial charge in [-0.3, -0.25) is 9.59 Å². The molecule has 5 aromatic rings. The van der Waals surface area contributed by atoms with E-state index in [2.05, 4.69) is 58.4 Å². The molecule has 1 aromatic carbocycles. The molecule has 4 atom stereocenters. The lowest BCUT2D eigenvalue weighted by Crippen LogP contribution is -2.39. The van der Waals surface area contributed by atoms with Crippen molar-refractivity contribution < 1.29 is 19.0 Å². The molecule has 4 unspecified atom stereocenters. The third-order valence-corrected chi connectivity index (χ3v) is 13.1. The standard InChI is InChI=1S/C37H38N6O3S2/c1-16-18(3)40-41-36-28(16)31(33(47-36)35(45)39-26-14-24(26)20-8-12-23(46-5)13-9-20)25-15-27(25)43-37-29(17(2)19(4)42-43)30(21-6-7-21)32(48-37)34(44)38-22-10-11-22/h8-9,12-13,21-22,24-27H,6-7,10-11,14-15H2,1-5H3,(H-,38,39,44,45)/p+1. The molecule has 0 radical (unpaired) electrons. The molecule has 9 rings (SSSR count). The maximum atomic E-state index is 14.1. The number of rotatable bonds is 9. The lowest BCUT2D eigenvalue weighted by atomic mass is 10.0. The maximum Gasteiger partial charge on any atom is 0.296 e. The molecule has 4 saturated carbocycles. The molecular formula is C37H39N6O3S2+. The lowest BCUT2D eigenvalue weighted by Gasteiger charge is -2.08. The van der Waals surface area contributed by atoms with Gasteiger partial charge in [-0.05, 0) is 111 Å². The molecule has 2 amide bonds. The SMILES string of the molecule is COc1ccc(C2CC2NC(=O)c2sc3nnc(C)c(C)c3c2C2CC2[n+]2nc(C)c(C)c3c(C4CC4)c(C(=O)NC4CC4)sc32)cc1. The first-order valence-corrected chi connectivity index (χ1v) is 18.7. The third kappa shape index (κ3) is 5.00. The number of aryl methyl sites for hydroxylation is 4. The number of methoxy groups -OCH3 is 1. The predicted octanol–water partition coefficient (Wildman–Crippen LogP) is 6.61. The van der Waals surface area contributed by atoms with Gasteiger partial charge in [0.15, 0.2) is 6.04 Å². The Morgan fingerprint density at radius 1 is 0.812 bits per heavy atom. The van der Waals surface area contributed by atoms with E-state index < -0.39 is 0 Å². The van der Waals surface area contributed by atoms with Crippen molar-refractivity contribution in [2.24, 2.45) is 0 Å². The molecule has 4 aliphatic rings. The van der Waals surface area contributed by atoms with Crippen LogP contribution in [0.25, 0.3) is 20.4 Å². The highest BCUT2D eigenvalue weighted by Crippen LogP contribution is 2.55. The first-order chi connectivity index (χ1) is 23.2. The predicted molar refractivity (Wildman–Crippen MR) is 187 cm³/mol. The monoisotopic (exact) mass is 679 g/mol. The topological polar surface area (TPSA) is 110 Å². The highest BCUT2D eigenvalue weighted by atomic mass is 32.1. The van der Waals surface area contributed by atoms with E-state index in [0.29, 0.717) is 17.9 Å². The summed E-state index contributed by atoms with van der Waals surface area (Å²) in [7, 11) is 1.67. The van der Waals surface area contributed by atoms with Crippen LogP contribution in [-0.2, 0) is 0 Å². The first kappa shape index (κ1) is 30.1. The minimum Gasteiger partial charge on any atom is -0.497 e. The van der Waals surface area contributed by atoms with Gasteiger partial charge in [-0.1, -0.05) is 28.2 Å². The highest BCUT2D eigenvalue weighted by molar-refractivity contribution is 7.21. The summed E-state index contributed by atoms with van der Waals surface area (Å²) in [4.78, 5) is 31.1. The van der Waals surface area contributed by atoms with Crippen molar-refractivity contribution in [3.8, 4) is 5.75 Å². The van der Waals surface area contributed by atoms with Gasteiger partial charge in [-0.25, -0.2) is 0 Å². The Hall–Kier alpha value is -3.96. The largest absolute Gasteiger partial charge is 0.497 e. The lowest BCUT2D eigenvalue weighted by molar-refractivity contribution is -0.732. The smallest absolute Gasteiger partial charge is 0.296 e. The molecule has 4 heterocycles. The molecule has 2 N–H and O–H groups in total.